The molecule has 0 aliphatic carbocycles. The molecule has 7 heteroatoms. The summed E-state index contributed by atoms with van der Waals surface area (Å²) in [6, 6.07) is 0. The second kappa shape index (κ2) is 5.88. The lowest BCUT2D eigenvalue weighted by Crippen LogP contribution is -2.43. The molecule has 102 valence electrons. The lowest BCUT2D eigenvalue weighted by atomic mass is 9.97. The third-order valence-electron chi connectivity index (χ3n) is 3.54. The van der Waals surface area contributed by atoms with E-state index in [1.165, 1.54) is 0 Å². The maximum atomic E-state index is 10.9. The van der Waals surface area contributed by atoms with Crippen LogP contribution in [0.5, 0.6) is 0 Å². The van der Waals surface area contributed by atoms with Gasteiger partial charge in [-0.15, -0.1) is 0 Å². The Bertz CT molecular complexity index is 361. The molecule has 18 heavy (non-hydrogen) atoms. The first-order chi connectivity index (χ1) is 8.59. The van der Waals surface area contributed by atoms with Crippen molar-refractivity contribution in [1.82, 2.24) is 10.2 Å². The van der Waals surface area contributed by atoms with Crippen LogP contribution in [0.4, 0.5) is 0 Å². The van der Waals surface area contributed by atoms with Gasteiger partial charge < -0.3 is 15.0 Å². The van der Waals surface area contributed by atoms with E-state index in [0.717, 1.165) is 39.3 Å². The number of nitrogens with one attached hydrogen (secondary N) is 1. The third-order valence-corrected chi connectivity index (χ3v) is 4.21. The Hall–Kier alpha value is -0.820. The molecule has 0 aromatic carbocycles. The SMILES string of the molecule is CC1COCC1CN1CCCNC1=C(Br)[N+](=O)[O-]. The summed E-state index contributed by atoms with van der Waals surface area (Å²) in [6.07, 6.45) is 1.00. The van der Waals surface area contributed by atoms with Gasteiger partial charge in [-0.05, 0) is 12.3 Å². The minimum atomic E-state index is -0.394. The van der Waals surface area contributed by atoms with Crippen molar-refractivity contribution in [3.63, 3.8) is 0 Å². The van der Waals surface area contributed by atoms with E-state index < -0.39 is 4.92 Å². The van der Waals surface area contributed by atoms with E-state index in [2.05, 4.69) is 33.1 Å². The van der Waals surface area contributed by atoms with Gasteiger partial charge in [0.05, 0.1) is 11.5 Å². The molecule has 0 aromatic heterocycles. The average Bonchev–Trinajstić information content (AvgIpc) is 2.75. The summed E-state index contributed by atoms with van der Waals surface area (Å²) in [4.78, 5) is 12.5. The number of nitrogens with zero attached hydrogens (tertiary/aromatic N) is 2. The quantitative estimate of drug-likeness (QED) is 0.483. The van der Waals surface area contributed by atoms with Crippen molar-refractivity contribution in [1.29, 1.82) is 0 Å². The van der Waals surface area contributed by atoms with Crippen molar-refractivity contribution in [2.24, 2.45) is 11.8 Å². The van der Waals surface area contributed by atoms with E-state index >= 15 is 0 Å². The number of ether oxygens (including phenoxy) is 1. The molecule has 0 aromatic rings. The Labute approximate surface area is 115 Å². The fourth-order valence-electron chi connectivity index (χ4n) is 2.39. The summed E-state index contributed by atoms with van der Waals surface area (Å²) >= 11 is 3.05. The summed E-state index contributed by atoms with van der Waals surface area (Å²) in [5.41, 5.74) is 0. The molecule has 2 heterocycles. The number of halogens is 1. The predicted molar refractivity (Wildman–Crippen MR) is 70.6 cm³/mol. The molecule has 6 nitrogen and oxygen atoms in total. The first-order valence-corrected chi connectivity index (χ1v) is 6.99. The van der Waals surface area contributed by atoms with Crippen molar-refractivity contribution in [3.05, 3.63) is 20.5 Å². The van der Waals surface area contributed by atoms with Crippen LogP contribution in [-0.4, -0.2) is 42.7 Å². The molecule has 0 radical (unpaired) electrons. The zero-order chi connectivity index (χ0) is 13.1. The molecule has 2 aliphatic rings. The highest BCUT2D eigenvalue weighted by Gasteiger charge is 2.30. The normalized spacial score (nSPS) is 31.1. The Morgan fingerprint density at radius 3 is 3.06 bits per heavy atom. The van der Waals surface area contributed by atoms with Crippen LogP contribution < -0.4 is 5.32 Å². The zero-order valence-corrected chi connectivity index (χ0v) is 12.0. The van der Waals surface area contributed by atoms with Crippen molar-refractivity contribution < 1.29 is 9.66 Å². The van der Waals surface area contributed by atoms with E-state index in [9.17, 15) is 10.1 Å². The van der Waals surface area contributed by atoms with Crippen LogP contribution in [0.1, 0.15) is 13.3 Å². The van der Waals surface area contributed by atoms with Crippen molar-refractivity contribution in [2.45, 2.75) is 13.3 Å². The first kappa shape index (κ1) is 13.6. The molecule has 0 saturated carbocycles. The number of hydrogen-bond acceptors (Lipinski definition) is 5. The predicted octanol–water partition coefficient (Wildman–Crippen LogP) is 1.36. The monoisotopic (exact) mass is 319 g/mol. The van der Waals surface area contributed by atoms with Crippen LogP contribution in [-0.2, 0) is 4.74 Å². The van der Waals surface area contributed by atoms with Gasteiger partial charge in [-0.3, -0.25) is 10.1 Å². The van der Waals surface area contributed by atoms with Gasteiger partial charge in [-0.1, -0.05) is 6.92 Å². The standard InChI is InChI=1S/C11H18BrN3O3/c1-8-6-18-7-9(8)5-14-4-2-3-13-11(14)10(12)15(16)17/h8-9,13H,2-7H2,1H3. The Morgan fingerprint density at radius 2 is 2.44 bits per heavy atom. The topological polar surface area (TPSA) is 67.6 Å². The molecule has 0 bridgehead atoms. The zero-order valence-electron chi connectivity index (χ0n) is 10.4. The van der Waals surface area contributed by atoms with Crippen LogP contribution in [0, 0.1) is 22.0 Å². The Kier molecular flexibility index (Phi) is 4.45. The highest BCUT2D eigenvalue weighted by Crippen LogP contribution is 2.25. The maximum Gasteiger partial charge on any atom is 0.350 e. The first-order valence-electron chi connectivity index (χ1n) is 6.20. The molecular weight excluding hydrogens is 302 g/mol. The van der Waals surface area contributed by atoms with E-state index in [1.54, 1.807) is 0 Å². The van der Waals surface area contributed by atoms with Crippen LogP contribution >= 0.6 is 15.9 Å². The summed E-state index contributed by atoms with van der Waals surface area (Å²) in [6.45, 7) is 6.16. The fourth-order valence-corrected chi connectivity index (χ4v) is 2.79. The van der Waals surface area contributed by atoms with E-state index in [1.807, 2.05) is 0 Å². The van der Waals surface area contributed by atoms with E-state index in [-0.39, 0.29) is 4.61 Å². The van der Waals surface area contributed by atoms with Gasteiger partial charge in [0.25, 0.3) is 0 Å². The van der Waals surface area contributed by atoms with Crippen LogP contribution in [0.15, 0.2) is 10.4 Å². The minimum absolute atomic E-state index is 0.0220. The van der Waals surface area contributed by atoms with Gasteiger partial charge in [-0.2, -0.15) is 0 Å². The van der Waals surface area contributed by atoms with Gasteiger partial charge in [0.2, 0.25) is 0 Å². The van der Waals surface area contributed by atoms with Gasteiger partial charge in [0.15, 0.2) is 5.82 Å². The molecule has 0 spiro atoms. The summed E-state index contributed by atoms with van der Waals surface area (Å²) in [5.74, 6) is 1.57. The van der Waals surface area contributed by atoms with Gasteiger partial charge in [-0.25, -0.2) is 0 Å². The summed E-state index contributed by atoms with van der Waals surface area (Å²) in [7, 11) is 0. The maximum absolute atomic E-state index is 10.9. The molecule has 2 atom stereocenters. The molecule has 2 rings (SSSR count). The molecule has 2 unspecified atom stereocenters. The molecule has 2 fully saturated rings. The van der Waals surface area contributed by atoms with Gasteiger partial charge >= 0.3 is 4.61 Å². The lowest BCUT2D eigenvalue weighted by molar-refractivity contribution is -0.411. The van der Waals surface area contributed by atoms with Gasteiger partial charge in [0.1, 0.15) is 0 Å². The van der Waals surface area contributed by atoms with E-state index in [0.29, 0.717) is 17.7 Å². The van der Waals surface area contributed by atoms with Crippen LogP contribution in [0.2, 0.25) is 0 Å². The van der Waals surface area contributed by atoms with Crippen molar-refractivity contribution in [2.75, 3.05) is 32.8 Å². The van der Waals surface area contributed by atoms with Crippen molar-refractivity contribution >= 4 is 15.9 Å². The molecular formula is C11H18BrN3O3. The van der Waals surface area contributed by atoms with Crippen LogP contribution in [0.3, 0.4) is 0 Å². The average molecular weight is 320 g/mol. The number of nitro groups is 1. The van der Waals surface area contributed by atoms with Crippen molar-refractivity contribution in [3.8, 4) is 0 Å². The smallest absolute Gasteiger partial charge is 0.350 e. The lowest BCUT2D eigenvalue weighted by Gasteiger charge is -2.33. The summed E-state index contributed by atoms with van der Waals surface area (Å²) in [5, 5.41) is 14.0. The molecule has 2 aliphatic heterocycles. The van der Waals surface area contributed by atoms with Gasteiger partial charge in [0, 0.05) is 48.1 Å². The number of hydrogen-bond donors (Lipinski definition) is 1. The fraction of sp³-hybridized carbons (Fsp3) is 0.818. The second-order valence-electron chi connectivity index (χ2n) is 4.90. The molecule has 2 saturated heterocycles. The van der Waals surface area contributed by atoms with E-state index in [4.69, 9.17) is 4.74 Å². The Morgan fingerprint density at radius 1 is 1.67 bits per heavy atom. The third kappa shape index (κ3) is 2.95. The largest absolute Gasteiger partial charge is 0.381 e. The molecule has 0 amide bonds. The van der Waals surface area contributed by atoms with Crippen LogP contribution in [0.25, 0.3) is 0 Å². The number of rotatable bonds is 3. The highest BCUT2D eigenvalue weighted by atomic mass is 79.9. The molecule has 1 N–H and O–H groups in total. The Balaban J connectivity index is 2.08. The minimum Gasteiger partial charge on any atom is -0.381 e. The highest BCUT2D eigenvalue weighted by molar-refractivity contribution is 9.11. The second-order valence-corrected chi connectivity index (χ2v) is 5.65. The summed E-state index contributed by atoms with van der Waals surface area (Å²) < 4.78 is 5.47.